The number of halogens is 1. The SMILES string of the molecule is COc1ccc(S(=O)(=O)NN(C)S(=O)(=O)c2ccc(Cl)cc2)cc1. The van der Waals surface area contributed by atoms with E-state index < -0.39 is 20.0 Å². The lowest BCUT2D eigenvalue weighted by Gasteiger charge is -2.18. The monoisotopic (exact) mass is 390 g/mol. The normalized spacial score (nSPS) is 12.3. The molecule has 130 valence electrons. The lowest BCUT2D eigenvalue weighted by Crippen LogP contribution is -2.43. The van der Waals surface area contributed by atoms with Crippen LogP contribution < -0.4 is 9.57 Å². The first-order valence-electron chi connectivity index (χ1n) is 6.58. The van der Waals surface area contributed by atoms with E-state index in [-0.39, 0.29) is 9.79 Å². The zero-order valence-electron chi connectivity index (χ0n) is 12.8. The molecule has 2 rings (SSSR count). The van der Waals surface area contributed by atoms with E-state index in [2.05, 4.69) is 0 Å². The highest BCUT2D eigenvalue weighted by Crippen LogP contribution is 2.19. The maximum atomic E-state index is 12.4. The number of nitrogens with zero attached hydrogens (tertiary/aromatic N) is 1. The zero-order valence-corrected chi connectivity index (χ0v) is 15.2. The molecule has 0 radical (unpaired) electrons. The largest absolute Gasteiger partial charge is 0.497 e. The second kappa shape index (κ2) is 7.08. The summed E-state index contributed by atoms with van der Waals surface area (Å²) < 4.78 is 54.9. The van der Waals surface area contributed by atoms with Crippen molar-refractivity contribution in [2.75, 3.05) is 14.2 Å². The summed E-state index contributed by atoms with van der Waals surface area (Å²) in [6.07, 6.45) is 0. The molecule has 1 N–H and O–H groups in total. The summed E-state index contributed by atoms with van der Waals surface area (Å²) in [5.74, 6) is 0.482. The number of hydrogen-bond acceptors (Lipinski definition) is 5. The summed E-state index contributed by atoms with van der Waals surface area (Å²) in [5, 5.41) is 0.371. The minimum atomic E-state index is -4.07. The fourth-order valence-corrected chi connectivity index (χ4v) is 4.34. The highest BCUT2D eigenvalue weighted by atomic mass is 35.5. The summed E-state index contributed by atoms with van der Waals surface area (Å²) in [6.45, 7) is 0. The molecule has 0 heterocycles. The van der Waals surface area contributed by atoms with Crippen LogP contribution in [0.2, 0.25) is 5.02 Å². The second-order valence-electron chi connectivity index (χ2n) is 4.70. The van der Waals surface area contributed by atoms with Crippen LogP contribution in [0.15, 0.2) is 58.3 Å². The maximum Gasteiger partial charge on any atom is 0.256 e. The average Bonchev–Trinajstić information content (AvgIpc) is 2.55. The van der Waals surface area contributed by atoms with Crippen molar-refractivity contribution in [2.24, 2.45) is 0 Å². The summed E-state index contributed by atoms with van der Waals surface area (Å²) in [4.78, 5) is 1.82. The van der Waals surface area contributed by atoms with Crippen molar-refractivity contribution in [2.45, 2.75) is 9.79 Å². The van der Waals surface area contributed by atoms with Gasteiger partial charge in [-0.05, 0) is 48.5 Å². The van der Waals surface area contributed by atoms with Crippen LogP contribution in [0.4, 0.5) is 0 Å². The van der Waals surface area contributed by atoms with Crippen molar-refractivity contribution in [1.82, 2.24) is 9.25 Å². The number of sulfonamides is 2. The summed E-state index contributed by atoms with van der Waals surface area (Å²) in [7, 11) is -5.56. The number of methoxy groups -OCH3 is 1. The quantitative estimate of drug-likeness (QED) is 0.760. The van der Waals surface area contributed by atoms with E-state index in [1.165, 1.54) is 55.6 Å². The molecule has 2 aromatic carbocycles. The van der Waals surface area contributed by atoms with Gasteiger partial charge < -0.3 is 4.74 Å². The molecule has 0 aliphatic carbocycles. The molecule has 0 amide bonds. The van der Waals surface area contributed by atoms with Crippen LogP contribution in [0.1, 0.15) is 0 Å². The third-order valence-electron chi connectivity index (χ3n) is 3.09. The van der Waals surface area contributed by atoms with E-state index in [1.54, 1.807) is 0 Å². The van der Waals surface area contributed by atoms with Crippen LogP contribution in [-0.4, -0.2) is 35.4 Å². The Morgan fingerprint density at radius 1 is 0.917 bits per heavy atom. The Balaban J connectivity index is 2.26. The number of rotatable bonds is 6. The van der Waals surface area contributed by atoms with Crippen LogP contribution in [-0.2, 0) is 20.0 Å². The van der Waals surface area contributed by atoms with Crippen LogP contribution in [0.5, 0.6) is 5.75 Å². The maximum absolute atomic E-state index is 12.4. The van der Waals surface area contributed by atoms with Crippen molar-refractivity contribution in [3.05, 3.63) is 53.6 Å². The minimum absolute atomic E-state index is 0.0909. The van der Waals surface area contributed by atoms with Gasteiger partial charge in [0, 0.05) is 12.1 Å². The topological polar surface area (TPSA) is 92.8 Å². The Hall–Kier alpha value is -1.65. The molecule has 7 nitrogen and oxygen atoms in total. The molecule has 0 atom stereocenters. The summed E-state index contributed by atoms with van der Waals surface area (Å²) in [6, 6.07) is 10.9. The molecule has 0 saturated carbocycles. The van der Waals surface area contributed by atoms with E-state index in [0.717, 1.165) is 7.05 Å². The van der Waals surface area contributed by atoms with Crippen LogP contribution in [0.25, 0.3) is 0 Å². The summed E-state index contributed by atoms with van der Waals surface area (Å²) >= 11 is 5.72. The van der Waals surface area contributed by atoms with Gasteiger partial charge in [-0.15, -0.1) is 9.25 Å². The number of benzene rings is 2. The van der Waals surface area contributed by atoms with Crippen molar-refractivity contribution < 1.29 is 21.6 Å². The van der Waals surface area contributed by atoms with E-state index in [0.29, 0.717) is 15.2 Å². The average molecular weight is 391 g/mol. The van der Waals surface area contributed by atoms with Crippen LogP contribution in [0, 0.1) is 0 Å². The van der Waals surface area contributed by atoms with Gasteiger partial charge in [0.1, 0.15) is 5.75 Å². The molecule has 0 saturated heterocycles. The third-order valence-corrected chi connectivity index (χ3v) is 6.55. The Bertz CT molecular complexity index is 911. The molecule has 0 unspecified atom stereocenters. The first kappa shape index (κ1) is 18.7. The van der Waals surface area contributed by atoms with Crippen molar-refractivity contribution >= 4 is 31.6 Å². The number of nitrogens with one attached hydrogen (secondary N) is 1. The highest BCUT2D eigenvalue weighted by Gasteiger charge is 2.26. The van der Waals surface area contributed by atoms with Gasteiger partial charge in [0.25, 0.3) is 20.0 Å². The Kier molecular flexibility index (Phi) is 5.51. The number of ether oxygens (including phenoxy) is 1. The summed E-state index contributed by atoms with van der Waals surface area (Å²) in [5.41, 5.74) is 0. The standard InChI is InChI=1S/C14H15ClN2O5S2/c1-17(24(20,21)14-7-3-11(15)4-8-14)16-23(18,19)13-9-5-12(22-2)6-10-13/h3-10,16H,1-2H3. The highest BCUT2D eigenvalue weighted by molar-refractivity contribution is 7.92. The minimum Gasteiger partial charge on any atom is -0.497 e. The van der Waals surface area contributed by atoms with Gasteiger partial charge >= 0.3 is 0 Å². The van der Waals surface area contributed by atoms with Crippen LogP contribution in [0.3, 0.4) is 0 Å². The number of hydrazine groups is 1. The van der Waals surface area contributed by atoms with Crippen molar-refractivity contribution in [3.8, 4) is 5.75 Å². The molecule has 0 bridgehead atoms. The molecule has 24 heavy (non-hydrogen) atoms. The second-order valence-corrected chi connectivity index (χ2v) is 8.76. The van der Waals surface area contributed by atoms with E-state index >= 15 is 0 Å². The van der Waals surface area contributed by atoms with Gasteiger partial charge in [0.05, 0.1) is 16.9 Å². The van der Waals surface area contributed by atoms with Crippen molar-refractivity contribution in [1.29, 1.82) is 0 Å². The predicted molar refractivity (Wildman–Crippen MR) is 89.7 cm³/mol. The Labute approximate surface area is 145 Å². The molecule has 0 aliphatic rings. The molecule has 2 aromatic rings. The molecular weight excluding hydrogens is 376 g/mol. The van der Waals surface area contributed by atoms with E-state index in [1.807, 2.05) is 4.83 Å². The Morgan fingerprint density at radius 2 is 1.42 bits per heavy atom. The number of hydrogen-bond donors (Lipinski definition) is 1. The fraction of sp³-hybridized carbons (Fsp3) is 0.143. The molecular formula is C14H15ClN2O5S2. The Morgan fingerprint density at radius 3 is 1.92 bits per heavy atom. The van der Waals surface area contributed by atoms with Crippen LogP contribution >= 0.6 is 11.6 Å². The van der Waals surface area contributed by atoms with E-state index in [4.69, 9.17) is 16.3 Å². The molecule has 0 spiro atoms. The van der Waals surface area contributed by atoms with E-state index in [9.17, 15) is 16.8 Å². The third kappa shape index (κ3) is 4.05. The van der Waals surface area contributed by atoms with Gasteiger partial charge in [-0.1, -0.05) is 11.6 Å². The smallest absolute Gasteiger partial charge is 0.256 e. The fourth-order valence-electron chi connectivity index (χ4n) is 1.79. The lowest BCUT2D eigenvalue weighted by molar-refractivity contribution is 0.414. The predicted octanol–water partition coefficient (Wildman–Crippen LogP) is 1.86. The zero-order chi connectivity index (χ0) is 18.0. The first-order chi connectivity index (χ1) is 11.2. The van der Waals surface area contributed by atoms with Gasteiger partial charge in [-0.3, -0.25) is 0 Å². The van der Waals surface area contributed by atoms with Gasteiger partial charge in [0.2, 0.25) is 0 Å². The van der Waals surface area contributed by atoms with Gasteiger partial charge in [0.15, 0.2) is 0 Å². The first-order valence-corrected chi connectivity index (χ1v) is 9.88. The lowest BCUT2D eigenvalue weighted by atomic mass is 10.3. The van der Waals surface area contributed by atoms with Gasteiger partial charge in [-0.25, -0.2) is 16.8 Å². The molecule has 0 fully saturated rings. The molecule has 0 aromatic heterocycles. The molecule has 10 heteroatoms. The van der Waals surface area contributed by atoms with Crippen molar-refractivity contribution in [3.63, 3.8) is 0 Å². The van der Waals surface area contributed by atoms with Gasteiger partial charge in [-0.2, -0.15) is 0 Å². The molecule has 0 aliphatic heterocycles.